The molecule has 1 amide bonds. The maximum absolute atomic E-state index is 10.4. The third kappa shape index (κ3) is 1.41. The van der Waals surface area contributed by atoms with E-state index in [4.69, 9.17) is 5.73 Å². The van der Waals surface area contributed by atoms with Gasteiger partial charge in [-0.15, -0.1) is 5.11 Å². The maximum atomic E-state index is 10.4. The van der Waals surface area contributed by atoms with E-state index in [-0.39, 0.29) is 5.70 Å². The molecule has 1 heterocycles. The zero-order chi connectivity index (χ0) is 7.40. The molecule has 0 atom stereocenters. The Morgan fingerprint density at radius 1 is 1.70 bits per heavy atom. The van der Waals surface area contributed by atoms with Crippen molar-refractivity contribution in [2.24, 2.45) is 16.1 Å². The van der Waals surface area contributed by atoms with Crippen LogP contribution in [-0.4, -0.2) is 5.91 Å². The number of allylic oxidation sites excluding steroid dienone is 2. The molecule has 2 N–H and O–H groups in total. The third-order valence-corrected chi connectivity index (χ3v) is 0.842. The monoisotopic (exact) mass is 139 g/mol. The van der Waals surface area contributed by atoms with Gasteiger partial charge in [-0.25, -0.2) is 0 Å². The lowest BCUT2D eigenvalue weighted by Crippen LogP contribution is -2.11. The lowest BCUT2D eigenvalue weighted by Gasteiger charge is -1.86. The highest BCUT2D eigenvalue weighted by atomic mass is 16.6. The van der Waals surface area contributed by atoms with E-state index in [0.29, 0.717) is 0 Å². The topological polar surface area (TPSA) is 77.0 Å². The minimum Gasteiger partial charge on any atom is -0.364 e. The minimum absolute atomic E-state index is 0.0775. The molecule has 0 spiro atoms. The molecule has 52 valence electrons. The van der Waals surface area contributed by atoms with Crippen LogP contribution >= 0.6 is 0 Å². The van der Waals surface area contributed by atoms with Crippen molar-refractivity contribution in [2.45, 2.75) is 0 Å². The molecular weight excluding hydrogens is 134 g/mol. The van der Waals surface area contributed by atoms with Crippen molar-refractivity contribution >= 4 is 5.91 Å². The summed E-state index contributed by atoms with van der Waals surface area (Å²) in [5.41, 5.74) is 4.96. The van der Waals surface area contributed by atoms with Crippen LogP contribution in [0.25, 0.3) is 0 Å². The van der Waals surface area contributed by atoms with Crippen molar-refractivity contribution in [2.75, 3.05) is 0 Å². The van der Waals surface area contributed by atoms with Gasteiger partial charge in [0.15, 0.2) is 5.70 Å². The van der Waals surface area contributed by atoms with Crippen molar-refractivity contribution in [1.82, 2.24) is 0 Å². The van der Waals surface area contributed by atoms with Crippen LogP contribution in [0, 0.1) is 0 Å². The standard InChI is InChI=1S/C5H5N3O2/c6-5(9)4-2-1-3-10-8-7-4/h1-3H,(H2,6,9). The highest BCUT2D eigenvalue weighted by Crippen LogP contribution is 2.01. The average molecular weight is 139 g/mol. The van der Waals surface area contributed by atoms with Crippen LogP contribution in [0.5, 0.6) is 0 Å². The van der Waals surface area contributed by atoms with Crippen molar-refractivity contribution < 1.29 is 9.63 Å². The summed E-state index contributed by atoms with van der Waals surface area (Å²) in [5, 5.41) is 6.49. The second kappa shape index (κ2) is 2.77. The second-order valence-corrected chi connectivity index (χ2v) is 1.53. The molecule has 0 aliphatic carbocycles. The third-order valence-electron chi connectivity index (χ3n) is 0.842. The van der Waals surface area contributed by atoms with Gasteiger partial charge < -0.3 is 10.6 Å². The molecule has 0 radical (unpaired) electrons. The quantitative estimate of drug-likeness (QED) is 0.565. The Bertz CT molecular complexity index is 229. The van der Waals surface area contributed by atoms with E-state index in [9.17, 15) is 4.79 Å². The van der Waals surface area contributed by atoms with Gasteiger partial charge in [0.25, 0.3) is 5.91 Å². The molecule has 1 aliphatic rings. The van der Waals surface area contributed by atoms with E-state index in [1.165, 1.54) is 18.4 Å². The fourth-order valence-corrected chi connectivity index (χ4v) is 0.425. The number of carbonyl (C=O) groups excluding carboxylic acids is 1. The molecule has 5 heteroatoms. The van der Waals surface area contributed by atoms with Gasteiger partial charge in [-0.05, 0) is 12.2 Å². The van der Waals surface area contributed by atoms with Crippen LogP contribution in [0.15, 0.2) is 34.5 Å². The minimum atomic E-state index is -0.626. The molecule has 0 aromatic rings. The first kappa shape index (κ1) is 6.47. The lowest BCUT2D eigenvalue weighted by molar-refractivity contribution is -0.114. The Kier molecular flexibility index (Phi) is 1.79. The van der Waals surface area contributed by atoms with Gasteiger partial charge in [0, 0.05) is 5.28 Å². The molecule has 0 fully saturated rings. The van der Waals surface area contributed by atoms with Crippen molar-refractivity contribution in [3.63, 3.8) is 0 Å². The Morgan fingerprint density at radius 2 is 2.50 bits per heavy atom. The molecule has 5 nitrogen and oxygen atoms in total. The van der Waals surface area contributed by atoms with E-state index in [1.54, 1.807) is 0 Å². The first-order chi connectivity index (χ1) is 4.80. The lowest BCUT2D eigenvalue weighted by atomic mass is 10.4. The van der Waals surface area contributed by atoms with Crippen LogP contribution in [0.4, 0.5) is 0 Å². The van der Waals surface area contributed by atoms with Gasteiger partial charge in [-0.1, -0.05) is 0 Å². The smallest absolute Gasteiger partial charge is 0.269 e. The summed E-state index contributed by atoms with van der Waals surface area (Å²) in [6, 6.07) is 0. The van der Waals surface area contributed by atoms with Gasteiger partial charge in [0.2, 0.25) is 0 Å². The van der Waals surface area contributed by atoms with Crippen LogP contribution in [0.3, 0.4) is 0 Å². The number of rotatable bonds is 1. The normalized spacial score (nSPS) is 15.4. The summed E-state index contributed by atoms with van der Waals surface area (Å²) in [6.45, 7) is 0. The molecular formula is C5H5N3O2. The molecule has 0 aromatic heterocycles. The van der Waals surface area contributed by atoms with Gasteiger partial charge in [-0.3, -0.25) is 4.79 Å². The van der Waals surface area contributed by atoms with E-state index in [0.717, 1.165) is 0 Å². The molecule has 0 saturated carbocycles. The van der Waals surface area contributed by atoms with Crippen LogP contribution < -0.4 is 5.73 Å². The van der Waals surface area contributed by atoms with Crippen LogP contribution in [0.2, 0.25) is 0 Å². The summed E-state index contributed by atoms with van der Waals surface area (Å²) in [6.07, 6.45) is 4.19. The van der Waals surface area contributed by atoms with Crippen LogP contribution in [-0.2, 0) is 9.63 Å². The zero-order valence-corrected chi connectivity index (χ0v) is 5.02. The molecule has 1 aliphatic heterocycles. The first-order valence-electron chi connectivity index (χ1n) is 2.54. The fraction of sp³-hybridized carbons (Fsp3) is 0. The Balaban J connectivity index is 2.83. The van der Waals surface area contributed by atoms with Crippen molar-refractivity contribution in [1.29, 1.82) is 0 Å². The molecule has 0 saturated heterocycles. The number of hydrogen-bond acceptors (Lipinski definition) is 4. The summed E-state index contributed by atoms with van der Waals surface area (Å²) < 4.78 is 0. The number of primary amides is 1. The summed E-state index contributed by atoms with van der Waals surface area (Å²) in [4.78, 5) is 14.8. The number of nitrogens with two attached hydrogens (primary N) is 1. The predicted octanol–water partition coefficient (Wildman–Crippen LogP) is 0.267. The number of carbonyl (C=O) groups is 1. The average Bonchev–Trinajstić information content (AvgIpc) is 2.12. The zero-order valence-electron chi connectivity index (χ0n) is 5.02. The van der Waals surface area contributed by atoms with E-state index in [2.05, 4.69) is 15.2 Å². The summed E-state index contributed by atoms with van der Waals surface area (Å²) in [7, 11) is 0. The highest BCUT2D eigenvalue weighted by Gasteiger charge is 2.02. The van der Waals surface area contributed by atoms with E-state index in [1.807, 2.05) is 0 Å². The van der Waals surface area contributed by atoms with Crippen molar-refractivity contribution in [3.8, 4) is 0 Å². The molecule has 0 unspecified atom stereocenters. The fourth-order valence-electron chi connectivity index (χ4n) is 0.425. The summed E-state index contributed by atoms with van der Waals surface area (Å²) in [5.74, 6) is -0.626. The number of hydrogen-bond donors (Lipinski definition) is 1. The van der Waals surface area contributed by atoms with Gasteiger partial charge >= 0.3 is 0 Å². The number of nitrogens with zero attached hydrogens (tertiary/aromatic N) is 2. The summed E-state index contributed by atoms with van der Waals surface area (Å²) >= 11 is 0. The predicted molar refractivity (Wildman–Crippen MR) is 32.4 cm³/mol. The Morgan fingerprint density at radius 3 is 3.20 bits per heavy atom. The van der Waals surface area contributed by atoms with Gasteiger partial charge in [0.1, 0.15) is 6.26 Å². The van der Waals surface area contributed by atoms with Crippen molar-refractivity contribution in [3.05, 3.63) is 24.1 Å². The highest BCUT2D eigenvalue weighted by molar-refractivity contribution is 5.91. The Hall–Kier alpha value is -1.65. The molecule has 1 rings (SSSR count). The Labute approximate surface area is 56.8 Å². The largest absolute Gasteiger partial charge is 0.364 e. The SMILES string of the molecule is NC(=O)C1=CC=CON=N1. The second-order valence-electron chi connectivity index (χ2n) is 1.53. The first-order valence-corrected chi connectivity index (χ1v) is 2.54. The molecule has 10 heavy (non-hydrogen) atoms. The molecule has 0 aromatic carbocycles. The number of amides is 1. The van der Waals surface area contributed by atoms with Gasteiger partial charge in [0.05, 0.1) is 0 Å². The van der Waals surface area contributed by atoms with Crippen LogP contribution in [0.1, 0.15) is 0 Å². The molecule has 0 bridgehead atoms. The van der Waals surface area contributed by atoms with E-state index < -0.39 is 5.91 Å². The maximum Gasteiger partial charge on any atom is 0.269 e. The van der Waals surface area contributed by atoms with Gasteiger partial charge in [-0.2, -0.15) is 0 Å². The van der Waals surface area contributed by atoms with E-state index >= 15 is 0 Å².